The Balaban J connectivity index is 2.22. The lowest BCUT2D eigenvalue weighted by Crippen LogP contribution is -2.34. The van der Waals surface area contributed by atoms with Crippen molar-refractivity contribution in [3.63, 3.8) is 0 Å². The van der Waals surface area contributed by atoms with Crippen LogP contribution < -0.4 is 5.32 Å². The normalized spacial score (nSPS) is 17.4. The first kappa shape index (κ1) is 19.8. The van der Waals surface area contributed by atoms with E-state index < -0.39 is 11.9 Å². The number of amides is 1. The molecule has 1 aromatic carbocycles. The average Bonchev–Trinajstić information content (AvgIpc) is 2.56. The summed E-state index contributed by atoms with van der Waals surface area (Å²) in [6, 6.07) is 5.17. The zero-order valence-electron chi connectivity index (χ0n) is 14.2. The van der Waals surface area contributed by atoms with Crippen molar-refractivity contribution >= 4 is 35.1 Å². The second-order valence-electron chi connectivity index (χ2n) is 5.73. The van der Waals surface area contributed by atoms with Crippen molar-refractivity contribution in [1.82, 2.24) is 5.32 Å². The van der Waals surface area contributed by atoms with Gasteiger partial charge >= 0.3 is 5.97 Å². The van der Waals surface area contributed by atoms with Crippen LogP contribution in [0.5, 0.6) is 0 Å². The smallest absolute Gasteiger partial charge is 0.336 e. The number of hydrogen-bond donors (Lipinski definition) is 1. The van der Waals surface area contributed by atoms with E-state index in [1.807, 2.05) is 6.92 Å². The van der Waals surface area contributed by atoms with Crippen molar-refractivity contribution in [2.24, 2.45) is 0 Å². The van der Waals surface area contributed by atoms with Gasteiger partial charge in [-0.3, -0.25) is 4.79 Å². The molecule has 1 amide bonds. The molecule has 0 fully saturated rings. The Hall–Kier alpha value is -1.56. The van der Waals surface area contributed by atoms with Gasteiger partial charge in [0.25, 0.3) is 0 Å². The molecule has 1 atom stereocenters. The van der Waals surface area contributed by atoms with Gasteiger partial charge in [-0.05, 0) is 25.0 Å². The van der Waals surface area contributed by atoms with Gasteiger partial charge in [0, 0.05) is 24.6 Å². The van der Waals surface area contributed by atoms with Crippen LogP contribution in [0.2, 0.25) is 10.0 Å². The minimum absolute atomic E-state index is 0.105. The van der Waals surface area contributed by atoms with E-state index in [1.165, 1.54) is 0 Å². The number of allylic oxidation sites excluding steroid dienone is 1. The van der Waals surface area contributed by atoms with Crippen LogP contribution in [0, 0.1) is 0 Å². The van der Waals surface area contributed by atoms with Crippen LogP contribution in [0.1, 0.15) is 38.2 Å². The van der Waals surface area contributed by atoms with Gasteiger partial charge < -0.3 is 14.8 Å². The standard InChI is InChI=1S/C18H21Cl2NO4/c1-3-7-24-8-9-25-18(23)16-11(2)21-15(22)10-13(16)12-5-4-6-14(19)17(12)20/h4-6,13H,3,7-10H2,1-2H3,(H,21,22)/t13-/m1/s1. The molecule has 0 spiro atoms. The summed E-state index contributed by atoms with van der Waals surface area (Å²) in [4.78, 5) is 24.5. The molecule has 1 aliphatic rings. The van der Waals surface area contributed by atoms with Crippen molar-refractivity contribution in [1.29, 1.82) is 0 Å². The largest absolute Gasteiger partial charge is 0.460 e. The number of hydrogen-bond acceptors (Lipinski definition) is 4. The summed E-state index contributed by atoms with van der Waals surface area (Å²) in [7, 11) is 0. The van der Waals surface area contributed by atoms with Gasteiger partial charge in [0.05, 0.1) is 22.2 Å². The third-order valence-electron chi connectivity index (χ3n) is 3.85. The fourth-order valence-corrected chi connectivity index (χ4v) is 3.18. The predicted octanol–water partition coefficient (Wildman–Crippen LogP) is 3.84. The summed E-state index contributed by atoms with van der Waals surface area (Å²) >= 11 is 12.4. The summed E-state index contributed by atoms with van der Waals surface area (Å²) in [6.07, 6.45) is 1.01. The highest BCUT2D eigenvalue weighted by Crippen LogP contribution is 2.39. The Morgan fingerprint density at radius 3 is 2.76 bits per heavy atom. The van der Waals surface area contributed by atoms with E-state index in [4.69, 9.17) is 32.7 Å². The summed E-state index contributed by atoms with van der Waals surface area (Å²) in [5.74, 6) is -1.16. The van der Waals surface area contributed by atoms with Crippen LogP contribution in [0.25, 0.3) is 0 Å². The van der Waals surface area contributed by atoms with Crippen LogP contribution >= 0.6 is 23.2 Å². The van der Waals surface area contributed by atoms with Crippen LogP contribution in [0.15, 0.2) is 29.5 Å². The first-order valence-corrected chi connectivity index (χ1v) is 8.90. The minimum atomic E-state index is -0.496. The summed E-state index contributed by atoms with van der Waals surface area (Å²) in [5.41, 5.74) is 1.49. The summed E-state index contributed by atoms with van der Waals surface area (Å²) in [6.45, 7) is 4.79. The monoisotopic (exact) mass is 385 g/mol. The first-order chi connectivity index (χ1) is 12.0. The summed E-state index contributed by atoms with van der Waals surface area (Å²) < 4.78 is 10.6. The maximum Gasteiger partial charge on any atom is 0.336 e. The Morgan fingerprint density at radius 2 is 2.04 bits per heavy atom. The fraction of sp³-hybridized carbons (Fsp3) is 0.444. The van der Waals surface area contributed by atoms with Crippen LogP contribution in [0.3, 0.4) is 0 Å². The third-order valence-corrected chi connectivity index (χ3v) is 4.69. The average molecular weight is 386 g/mol. The molecule has 136 valence electrons. The number of ether oxygens (including phenoxy) is 2. The molecule has 1 N–H and O–H groups in total. The van der Waals surface area contributed by atoms with Gasteiger partial charge in [0.1, 0.15) is 6.61 Å². The number of halogens is 2. The van der Waals surface area contributed by atoms with E-state index in [2.05, 4.69) is 5.32 Å². The van der Waals surface area contributed by atoms with Gasteiger partial charge in [-0.1, -0.05) is 42.3 Å². The molecule has 0 radical (unpaired) electrons. The molecule has 1 aliphatic heterocycles. The molecule has 0 aromatic heterocycles. The zero-order chi connectivity index (χ0) is 18.4. The SMILES string of the molecule is CCCOCCOC(=O)C1=C(C)NC(=O)C[C@@H]1c1cccc(Cl)c1Cl. The van der Waals surface area contributed by atoms with Crippen molar-refractivity contribution in [2.75, 3.05) is 19.8 Å². The van der Waals surface area contributed by atoms with Crippen molar-refractivity contribution in [3.05, 3.63) is 45.1 Å². The maximum absolute atomic E-state index is 12.6. The molecule has 0 saturated carbocycles. The van der Waals surface area contributed by atoms with E-state index in [9.17, 15) is 9.59 Å². The van der Waals surface area contributed by atoms with E-state index in [1.54, 1.807) is 25.1 Å². The minimum Gasteiger partial charge on any atom is -0.460 e. The lowest BCUT2D eigenvalue weighted by Gasteiger charge is -2.27. The highest BCUT2D eigenvalue weighted by atomic mass is 35.5. The molecule has 1 heterocycles. The predicted molar refractivity (Wildman–Crippen MR) is 96.7 cm³/mol. The number of carbonyl (C=O) groups excluding carboxylic acids is 2. The Bertz CT molecular complexity index is 688. The quantitative estimate of drug-likeness (QED) is 0.571. The highest BCUT2D eigenvalue weighted by Gasteiger charge is 2.34. The topological polar surface area (TPSA) is 64.6 Å². The van der Waals surface area contributed by atoms with Gasteiger partial charge in [-0.25, -0.2) is 4.79 Å². The van der Waals surface area contributed by atoms with Crippen LogP contribution in [0.4, 0.5) is 0 Å². The van der Waals surface area contributed by atoms with E-state index in [0.29, 0.717) is 40.1 Å². The van der Waals surface area contributed by atoms with Crippen molar-refractivity contribution < 1.29 is 19.1 Å². The van der Waals surface area contributed by atoms with Gasteiger partial charge in [0.15, 0.2) is 0 Å². The van der Waals surface area contributed by atoms with Crippen molar-refractivity contribution in [3.8, 4) is 0 Å². The number of rotatable bonds is 7. The molecular weight excluding hydrogens is 365 g/mol. The van der Waals surface area contributed by atoms with E-state index in [0.717, 1.165) is 6.42 Å². The zero-order valence-corrected chi connectivity index (χ0v) is 15.7. The molecule has 0 aliphatic carbocycles. The third kappa shape index (κ3) is 4.97. The maximum atomic E-state index is 12.6. The molecule has 25 heavy (non-hydrogen) atoms. The Kier molecular flexibility index (Phi) is 7.29. The lowest BCUT2D eigenvalue weighted by atomic mass is 9.84. The van der Waals surface area contributed by atoms with Gasteiger partial charge in [-0.15, -0.1) is 0 Å². The fourth-order valence-electron chi connectivity index (χ4n) is 2.74. The Labute approximate surface area is 157 Å². The second kappa shape index (κ2) is 9.22. The molecule has 1 aromatic rings. The molecular formula is C18H21Cl2NO4. The molecule has 0 unspecified atom stereocenters. The number of carbonyl (C=O) groups is 2. The number of benzene rings is 1. The molecule has 2 rings (SSSR count). The van der Waals surface area contributed by atoms with Crippen LogP contribution in [-0.2, 0) is 19.1 Å². The van der Waals surface area contributed by atoms with E-state index in [-0.39, 0.29) is 18.9 Å². The van der Waals surface area contributed by atoms with Gasteiger partial charge in [0.2, 0.25) is 5.91 Å². The second-order valence-corrected chi connectivity index (χ2v) is 6.52. The highest BCUT2D eigenvalue weighted by molar-refractivity contribution is 6.42. The summed E-state index contributed by atoms with van der Waals surface area (Å²) in [5, 5.41) is 3.41. The Morgan fingerprint density at radius 1 is 1.28 bits per heavy atom. The molecule has 0 saturated heterocycles. The van der Waals surface area contributed by atoms with E-state index >= 15 is 0 Å². The van der Waals surface area contributed by atoms with Crippen LogP contribution in [-0.4, -0.2) is 31.7 Å². The van der Waals surface area contributed by atoms with Gasteiger partial charge in [-0.2, -0.15) is 0 Å². The first-order valence-electron chi connectivity index (χ1n) is 8.15. The molecule has 0 bridgehead atoms. The molecule has 7 heteroatoms. The van der Waals surface area contributed by atoms with Crippen molar-refractivity contribution in [2.45, 2.75) is 32.6 Å². The lowest BCUT2D eigenvalue weighted by molar-refractivity contribution is -0.141. The number of nitrogens with one attached hydrogen (secondary N) is 1. The number of esters is 1. The molecule has 5 nitrogen and oxygen atoms in total.